The van der Waals surface area contributed by atoms with Crippen LogP contribution in [0.1, 0.15) is 28.1 Å². The summed E-state index contributed by atoms with van der Waals surface area (Å²) in [5, 5.41) is 4.40. The van der Waals surface area contributed by atoms with Gasteiger partial charge in [0.05, 0.1) is 0 Å². The van der Waals surface area contributed by atoms with Crippen LogP contribution in [0.5, 0.6) is 0 Å². The van der Waals surface area contributed by atoms with Crippen molar-refractivity contribution >= 4 is 29.3 Å². The number of nitrogens with zero attached hydrogens (tertiary/aromatic N) is 2. The Morgan fingerprint density at radius 3 is 2.60 bits per heavy atom. The predicted octanol–water partition coefficient (Wildman–Crippen LogP) is 2.59. The minimum Gasteiger partial charge on any atom is -0.451 e. The van der Waals surface area contributed by atoms with E-state index in [0.717, 1.165) is 56.7 Å². The summed E-state index contributed by atoms with van der Waals surface area (Å²) in [6, 6.07) is 6.50. The minimum atomic E-state index is 0. The van der Waals surface area contributed by atoms with Crippen LogP contribution in [0.3, 0.4) is 0 Å². The maximum Gasteiger partial charge on any atom is 0.289 e. The van der Waals surface area contributed by atoms with Gasteiger partial charge in [-0.1, -0.05) is 0 Å². The molecule has 5 nitrogen and oxygen atoms in total. The summed E-state index contributed by atoms with van der Waals surface area (Å²) in [7, 11) is 0. The van der Waals surface area contributed by atoms with Gasteiger partial charge in [-0.3, -0.25) is 9.69 Å². The first-order chi connectivity index (χ1) is 11.6. The second-order valence-electron chi connectivity index (χ2n) is 7.06. The van der Waals surface area contributed by atoms with Gasteiger partial charge >= 0.3 is 0 Å². The van der Waals surface area contributed by atoms with Crippen LogP contribution < -0.4 is 5.32 Å². The van der Waals surface area contributed by atoms with Crippen LogP contribution in [0.15, 0.2) is 22.6 Å². The van der Waals surface area contributed by atoms with Crippen molar-refractivity contribution < 1.29 is 9.21 Å². The number of carbonyl (C=O) groups is 1. The number of furan rings is 1. The number of nitrogens with one attached hydrogen (secondary N) is 1. The monoisotopic (exact) mass is 363 g/mol. The molecule has 4 rings (SSSR count). The molecule has 0 bridgehead atoms. The molecule has 2 aliphatic heterocycles. The van der Waals surface area contributed by atoms with Crippen LogP contribution in [0, 0.1) is 13.8 Å². The van der Waals surface area contributed by atoms with Gasteiger partial charge < -0.3 is 14.6 Å². The molecule has 1 unspecified atom stereocenters. The molecule has 0 saturated carbocycles. The summed E-state index contributed by atoms with van der Waals surface area (Å²) in [5.74, 6) is 0.495. The zero-order valence-corrected chi connectivity index (χ0v) is 15.7. The second kappa shape index (κ2) is 7.36. The van der Waals surface area contributed by atoms with Crippen molar-refractivity contribution in [3.63, 3.8) is 0 Å². The number of hydrogen-bond acceptors (Lipinski definition) is 4. The third-order valence-corrected chi connectivity index (χ3v) is 5.46. The number of carbonyl (C=O) groups excluding carboxylic acids is 1. The molecule has 1 aromatic carbocycles. The molecule has 2 aromatic rings. The van der Waals surface area contributed by atoms with Crippen LogP contribution in [-0.2, 0) is 0 Å². The van der Waals surface area contributed by atoms with E-state index in [-0.39, 0.29) is 18.3 Å². The lowest BCUT2D eigenvalue weighted by Crippen LogP contribution is -2.49. The van der Waals surface area contributed by atoms with Crippen LogP contribution >= 0.6 is 12.4 Å². The first-order valence-corrected chi connectivity index (χ1v) is 8.86. The van der Waals surface area contributed by atoms with Gasteiger partial charge in [0.2, 0.25) is 0 Å². The second-order valence-corrected chi connectivity index (χ2v) is 7.06. The maximum absolute atomic E-state index is 12.8. The van der Waals surface area contributed by atoms with E-state index in [1.807, 2.05) is 17.0 Å². The smallest absolute Gasteiger partial charge is 0.289 e. The highest BCUT2D eigenvalue weighted by atomic mass is 35.5. The van der Waals surface area contributed by atoms with E-state index in [1.165, 1.54) is 11.1 Å². The molecule has 1 amide bonds. The van der Waals surface area contributed by atoms with Crippen LogP contribution in [-0.4, -0.2) is 61.0 Å². The zero-order valence-electron chi connectivity index (χ0n) is 14.9. The van der Waals surface area contributed by atoms with Crippen LogP contribution in [0.4, 0.5) is 0 Å². The molecule has 25 heavy (non-hydrogen) atoms. The summed E-state index contributed by atoms with van der Waals surface area (Å²) in [4.78, 5) is 17.3. The Kier molecular flexibility index (Phi) is 5.37. The lowest BCUT2D eigenvalue weighted by atomic mass is 10.1. The number of piperazine rings is 1. The molecule has 3 heterocycles. The predicted molar refractivity (Wildman–Crippen MR) is 102 cm³/mol. The number of halogens is 1. The van der Waals surface area contributed by atoms with Crippen molar-refractivity contribution in [2.24, 2.45) is 0 Å². The lowest BCUT2D eigenvalue weighted by Gasteiger charge is -2.32. The highest BCUT2D eigenvalue weighted by Crippen LogP contribution is 2.25. The highest BCUT2D eigenvalue weighted by Gasteiger charge is 2.32. The molecule has 2 aliphatic rings. The van der Waals surface area contributed by atoms with Crippen molar-refractivity contribution in [1.82, 2.24) is 15.1 Å². The molecule has 0 aliphatic carbocycles. The molecule has 1 atom stereocenters. The van der Waals surface area contributed by atoms with Gasteiger partial charge in [-0.05, 0) is 49.6 Å². The number of likely N-dealkylation sites (tertiary alicyclic amines) is 1. The molecule has 136 valence electrons. The average molecular weight is 364 g/mol. The van der Waals surface area contributed by atoms with Gasteiger partial charge in [-0.25, -0.2) is 0 Å². The van der Waals surface area contributed by atoms with E-state index >= 15 is 0 Å². The fourth-order valence-electron chi connectivity index (χ4n) is 3.84. The molecule has 1 aromatic heterocycles. The van der Waals surface area contributed by atoms with Gasteiger partial charge in [-0.15, -0.1) is 12.4 Å². The standard InChI is InChI=1S/C19H25N3O2.ClH/c1-13-9-15-11-18(24-17(15)10-14(13)2)19(23)22-6-3-16(12-22)21-7-4-20-5-8-21;/h9-11,16,20H,3-8,12H2,1-2H3;1H. The average Bonchev–Trinajstić information content (AvgIpc) is 3.23. The summed E-state index contributed by atoms with van der Waals surface area (Å²) < 4.78 is 5.84. The molecule has 6 heteroatoms. The quantitative estimate of drug-likeness (QED) is 0.891. The third kappa shape index (κ3) is 3.54. The number of hydrogen-bond donors (Lipinski definition) is 1. The molecular weight excluding hydrogens is 338 g/mol. The van der Waals surface area contributed by atoms with Crippen LogP contribution in [0.2, 0.25) is 0 Å². The van der Waals surface area contributed by atoms with Gasteiger partial charge in [0.15, 0.2) is 5.76 Å². The van der Waals surface area contributed by atoms with E-state index in [2.05, 4.69) is 30.1 Å². The van der Waals surface area contributed by atoms with Crippen molar-refractivity contribution in [1.29, 1.82) is 0 Å². The number of benzene rings is 1. The van der Waals surface area contributed by atoms with Crippen molar-refractivity contribution in [2.45, 2.75) is 26.3 Å². The van der Waals surface area contributed by atoms with E-state index in [0.29, 0.717) is 11.8 Å². The van der Waals surface area contributed by atoms with Gasteiger partial charge in [0.1, 0.15) is 5.58 Å². The summed E-state index contributed by atoms with van der Waals surface area (Å²) in [5.41, 5.74) is 3.22. The third-order valence-electron chi connectivity index (χ3n) is 5.46. The molecule has 2 saturated heterocycles. The summed E-state index contributed by atoms with van der Waals surface area (Å²) in [6.07, 6.45) is 1.06. The first-order valence-electron chi connectivity index (χ1n) is 8.86. The van der Waals surface area contributed by atoms with Crippen molar-refractivity contribution in [3.8, 4) is 0 Å². The Labute approximate surface area is 154 Å². The molecule has 1 N–H and O–H groups in total. The highest BCUT2D eigenvalue weighted by molar-refractivity contribution is 5.96. The largest absolute Gasteiger partial charge is 0.451 e. The molecule has 0 radical (unpaired) electrons. The molecule has 0 spiro atoms. The van der Waals surface area contributed by atoms with Crippen LogP contribution in [0.25, 0.3) is 11.0 Å². The fourth-order valence-corrected chi connectivity index (χ4v) is 3.84. The Morgan fingerprint density at radius 2 is 1.84 bits per heavy atom. The topological polar surface area (TPSA) is 48.7 Å². The summed E-state index contributed by atoms with van der Waals surface area (Å²) >= 11 is 0. The molecular formula is C19H26ClN3O2. The Balaban J connectivity index is 0.00000182. The summed E-state index contributed by atoms with van der Waals surface area (Å²) in [6.45, 7) is 10.0. The minimum absolute atomic E-state index is 0. The van der Waals surface area contributed by atoms with E-state index in [1.54, 1.807) is 0 Å². The number of amides is 1. The van der Waals surface area contributed by atoms with E-state index in [4.69, 9.17) is 4.42 Å². The van der Waals surface area contributed by atoms with Crippen molar-refractivity contribution in [3.05, 3.63) is 35.1 Å². The Morgan fingerprint density at radius 1 is 1.12 bits per heavy atom. The lowest BCUT2D eigenvalue weighted by molar-refractivity contribution is 0.0744. The van der Waals surface area contributed by atoms with Gasteiger partial charge in [0.25, 0.3) is 5.91 Å². The fraction of sp³-hybridized carbons (Fsp3) is 0.526. The zero-order chi connectivity index (χ0) is 16.7. The number of rotatable bonds is 2. The number of aryl methyl sites for hydroxylation is 2. The maximum atomic E-state index is 12.8. The first kappa shape index (κ1) is 18.2. The van der Waals surface area contributed by atoms with Gasteiger partial charge in [0, 0.05) is 50.7 Å². The normalized spacial score (nSPS) is 21.5. The SMILES string of the molecule is Cc1cc2cc(C(=O)N3CCC(N4CCNCC4)C3)oc2cc1C.Cl. The van der Waals surface area contributed by atoms with Gasteiger partial charge in [-0.2, -0.15) is 0 Å². The molecule has 2 fully saturated rings. The Hall–Kier alpha value is -1.56. The number of fused-ring (bicyclic) bond motifs is 1. The van der Waals surface area contributed by atoms with E-state index in [9.17, 15) is 4.79 Å². The Bertz CT molecular complexity index is 728. The van der Waals surface area contributed by atoms with E-state index < -0.39 is 0 Å². The van der Waals surface area contributed by atoms with Crippen molar-refractivity contribution in [2.75, 3.05) is 39.3 Å².